The van der Waals surface area contributed by atoms with E-state index in [1.165, 1.54) is 0 Å². The summed E-state index contributed by atoms with van der Waals surface area (Å²) in [7, 11) is 0. The van der Waals surface area contributed by atoms with E-state index in [0.29, 0.717) is 29.1 Å². The first kappa shape index (κ1) is 18.7. The molecule has 2 aromatic carbocycles. The van der Waals surface area contributed by atoms with E-state index >= 15 is 0 Å². The van der Waals surface area contributed by atoms with Crippen LogP contribution in [0.3, 0.4) is 0 Å². The van der Waals surface area contributed by atoms with Crippen LogP contribution in [-0.2, 0) is 5.41 Å². The number of para-hydroxylation sites is 1. The van der Waals surface area contributed by atoms with Gasteiger partial charge in [-0.3, -0.25) is 9.59 Å². The van der Waals surface area contributed by atoms with Crippen molar-refractivity contribution in [1.82, 2.24) is 4.98 Å². The number of aromatic amines is 1. The van der Waals surface area contributed by atoms with Crippen LogP contribution in [0.4, 0.5) is 5.69 Å². The van der Waals surface area contributed by atoms with Crippen molar-refractivity contribution in [1.29, 1.82) is 0 Å². The molecule has 0 aliphatic rings. The molecule has 1 aromatic heterocycles. The summed E-state index contributed by atoms with van der Waals surface area (Å²) in [5, 5.41) is 3.85. The van der Waals surface area contributed by atoms with Crippen LogP contribution in [0.25, 0.3) is 10.9 Å². The van der Waals surface area contributed by atoms with Crippen LogP contribution in [0.5, 0.6) is 5.75 Å². The van der Waals surface area contributed by atoms with Crippen LogP contribution in [0.1, 0.15) is 43.6 Å². The zero-order chi connectivity index (χ0) is 19.6. The van der Waals surface area contributed by atoms with Crippen LogP contribution < -0.4 is 15.6 Å². The molecule has 2 N–H and O–H groups in total. The Balaban J connectivity index is 1.97. The predicted octanol–water partition coefficient (Wildman–Crippen LogP) is 4.48. The number of aromatic nitrogens is 1. The number of H-pyrrole nitrogens is 1. The molecule has 0 fully saturated rings. The van der Waals surface area contributed by atoms with Crippen LogP contribution in [0.2, 0.25) is 0 Å². The predicted molar refractivity (Wildman–Crippen MR) is 109 cm³/mol. The fraction of sp³-hybridized carbons (Fsp3) is 0.273. The van der Waals surface area contributed by atoms with E-state index in [2.05, 4.69) is 31.1 Å². The molecule has 0 aliphatic heterocycles. The van der Waals surface area contributed by atoms with Crippen LogP contribution in [-0.4, -0.2) is 17.5 Å². The Morgan fingerprint density at radius 1 is 1.11 bits per heavy atom. The molecule has 0 atom stereocenters. The topological polar surface area (TPSA) is 71.2 Å². The van der Waals surface area contributed by atoms with Gasteiger partial charge in [-0.25, -0.2) is 0 Å². The number of benzene rings is 2. The first-order valence-corrected chi connectivity index (χ1v) is 9.00. The molecular formula is C22H24N2O3. The highest BCUT2D eigenvalue weighted by molar-refractivity contribution is 6.07. The maximum Gasteiger partial charge on any atom is 0.259 e. The zero-order valence-corrected chi connectivity index (χ0v) is 16.1. The van der Waals surface area contributed by atoms with E-state index in [0.717, 1.165) is 10.9 Å². The number of carbonyl (C=O) groups is 1. The van der Waals surface area contributed by atoms with Gasteiger partial charge < -0.3 is 15.0 Å². The number of fused-ring (bicyclic) bond motifs is 1. The molecule has 1 heterocycles. The van der Waals surface area contributed by atoms with Crippen molar-refractivity contribution in [2.75, 3.05) is 11.9 Å². The number of pyridine rings is 1. The lowest BCUT2D eigenvalue weighted by atomic mass is 9.85. The maximum atomic E-state index is 12.7. The van der Waals surface area contributed by atoms with Crippen LogP contribution in [0.15, 0.2) is 53.3 Å². The third-order valence-corrected chi connectivity index (χ3v) is 4.34. The zero-order valence-electron chi connectivity index (χ0n) is 16.1. The van der Waals surface area contributed by atoms with Crippen molar-refractivity contribution in [2.24, 2.45) is 0 Å². The minimum Gasteiger partial charge on any atom is -0.493 e. The number of hydrogen-bond donors (Lipinski definition) is 2. The Morgan fingerprint density at radius 2 is 1.85 bits per heavy atom. The fourth-order valence-electron chi connectivity index (χ4n) is 3.09. The molecule has 0 unspecified atom stereocenters. The number of carbonyl (C=O) groups excluding carboxylic acids is 1. The van der Waals surface area contributed by atoms with Gasteiger partial charge in [0.1, 0.15) is 5.75 Å². The van der Waals surface area contributed by atoms with Crippen molar-refractivity contribution in [3.8, 4) is 5.75 Å². The lowest BCUT2D eigenvalue weighted by Crippen LogP contribution is -2.18. The van der Waals surface area contributed by atoms with Gasteiger partial charge >= 0.3 is 0 Å². The monoisotopic (exact) mass is 364 g/mol. The Morgan fingerprint density at radius 3 is 2.56 bits per heavy atom. The number of hydrogen-bond acceptors (Lipinski definition) is 3. The summed E-state index contributed by atoms with van der Waals surface area (Å²) in [6.45, 7) is 8.57. The highest BCUT2D eigenvalue weighted by Gasteiger charge is 2.18. The number of anilines is 1. The summed E-state index contributed by atoms with van der Waals surface area (Å²) in [6, 6.07) is 14.3. The largest absolute Gasteiger partial charge is 0.493 e. The molecule has 0 bridgehead atoms. The minimum atomic E-state index is -0.257. The molecule has 5 heteroatoms. The molecule has 0 saturated heterocycles. The molecule has 27 heavy (non-hydrogen) atoms. The third-order valence-electron chi connectivity index (χ3n) is 4.34. The second-order valence-corrected chi connectivity index (χ2v) is 7.44. The normalized spacial score (nSPS) is 11.4. The standard InChI is InChI=1S/C22H24N2O3/c1-5-27-19-9-7-6-8-16(19)21(26)23-14-10-11-15-17(22(2,3)4)13-20(25)24-18(15)12-14/h6-13H,5H2,1-4H3,(H,23,26)(H,24,25). The maximum absolute atomic E-state index is 12.7. The third kappa shape index (κ3) is 4.03. The van der Waals surface area contributed by atoms with E-state index < -0.39 is 0 Å². The Kier molecular flexibility index (Phi) is 5.04. The summed E-state index contributed by atoms with van der Waals surface area (Å²) in [6.07, 6.45) is 0. The van der Waals surface area contributed by atoms with E-state index in [4.69, 9.17) is 4.74 Å². The van der Waals surface area contributed by atoms with Gasteiger partial charge in [0.2, 0.25) is 5.56 Å². The lowest BCUT2D eigenvalue weighted by Gasteiger charge is -2.21. The Labute approximate surface area is 158 Å². The van der Waals surface area contributed by atoms with Gasteiger partial charge in [0.15, 0.2) is 0 Å². The Bertz CT molecular complexity index is 1050. The van der Waals surface area contributed by atoms with Crippen LogP contribution in [0, 0.1) is 0 Å². The van der Waals surface area contributed by atoms with E-state index in [1.54, 1.807) is 30.3 Å². The quantitative estimate of drug-likeness (QED) is 0.717. The number of ether oxygens (including phenoxy) is 1. The number of amides is 1. The molecule has 140 valence electrons. The smallest absolute Gasteiger partial charge is 0.259 e. The molecule has 0 aliphatic carbocycles. The van der Waals surface area contributed by atoms with Crippen molar-refractivity contribution >= 4 is 22.5 Å². The van der Waals surface area contributed by atoms with Crippen molar-refractivity contribution in [3.05, 3.63) is 70.0 Å². The van der Waals surface area contributed by atoms with Crippen LogP contribution >= 0.6 is 0 Å². The molecule has 3 rings (SSSR count). The molecular weight excluding hydrogens is 340 g/mol. The summed E-state index contributed by atoms with van der Waals surface area (Å²) in [4.78, 5) is 27.6. The second-order valence-electron chi connectivity index (χ2n) is 7.44. The van der Waals surface area contributed by atoms with Gasteiger partial charge in [-0.05, 0) is 42.2 Å². The molecule has 1 amide bonds. The van der Waals surface area contributed by atoms with Gasteiger partial charge in [-0.2, -0.15) is 0 Å². The molecule has 3 aromatic rings. The average Bonchev–Trinajstić information content (AvgIpc) is 2.60. The van der Waals surface area contributed by atoms with E-state index in [9.17, 15) is 9.59 Å². The molecule has 0 spiro atoms. The highest BCUT2D eigenvalue weighted by atomic mass is 16.5. The average molecular weight is 364 g/mol. The fourth-order valence-corrected chi connectivity index (χ4v) is 3.09. The van der Waals surface area contributed by atoms with Gasteiger partial charge in [0.05, 0.1) is 17.7 Å². The molecule has 0 radical (unpaired) electrons. The number of rotatable bonds is 4. The first-order chi connectivity index (χ1) is 12.8. The lowest BCUT2D eigenvalue weighted by molar-refractivity contribution is 0.102. The molecule has 5 nitrogen and oxygen atoms in total. The SMILES string of the molecule is CCOc1ccccc1C(=O)Nc1ccc2c(C(C)(C)C)cc(=O)[nH]c2c1. The number of nitrogens with one attached hydrogen (secondary N) is 2. The second kappa shape index (κ2) is 7.27. The van der Waals surface area contributed by atoms with Gasteiger partial charge in [-0.1, -0.05) is 39.0 Å². The van der Waals surface area contributed by atoms with Crippen molar-refractivity contribution < 1.29 is 9.53 Å². The summed E-state index contributed by atoms with van der Waals surface area (Å²) < 4.78 is 5.53. The summed E-state index contributed by atoms with van der Waals surface area (Å²) in [5.41, 5.74) is 2.44. The van der Waals surface area contributed by atoms with Gasteiger partial charge in [0, 0.05) is 17.1 Å². The Hall–Kier alpha value is -3.08. The first-order valence-electron chi connectivity index (χ1n) is 9.00. The molecule has 0 saturated carbocycles. The van der Waals surface area contributed by atoms with Crippen molar-refractivity contribution in [3.63, 3.8) is 0 Å². The summed E-state index contributed by atoms with van der Waals surface area (Å²) >= 11 is 0. The van der Waals surface area contributed by atoms with Crippen molar-refractivity contribution in [2.45, 2.75) is 33.1 Å². The van der Waals surface area contributed by atoms with Gasteiger partial charge in [0.25, 0.3) is 5.91 Å². The highest BCUT2D eigenvalue weighted by Crippen LogP contribution is 2.29. The minimum absolute atomic E-state index is 0.155. The van der Waals surface area contributed by atoms with Gasteiger partial charge in [-0.15, -0.1) is 0 Å². The summed E-state index contributed by atoms with van der Waals surface area (Å²) in [5.74, 6) is 0.287. The van der Waals surface area contributed by atoms with E-state index in [-0.39, 0.29) is 16.9 Å². The van der Waals surface area contributed by atoms with E-state index in [1.807, 2.05) is 25.1 Å².